The summed E-state index contributed by atoms with van der Waals surface area (Å²) in [6.45, 7) is 0.266. The van der Waals surface area contributed by atoms with Gasteiger partial charge in [0.1, 0.15) is 0 Å². The molecule has 0 spiro atoms. The van der Waals surface area contributed by atoms with E-state index in [0.29, 0.717) is 15.6 Å². The zero-order chi connectivity index (χ0) is 19.8. The van der Waals surface area contributed by atoms with Gasteiger partial charge in [-0.05, 0) is 35.4 Å². The van der Waals surface area contributed by atoms with E-state index in [0.717, 1.165) is 5.56 Å². The summed E-state index contributed by atoms with van der Waals surface area (Å²) in [5, 5.41) is 11.6. The Kier molecular flexibility index (Phi) is 6.03. The third-order valence-corrected chi connectivity index (χ3v) is 4.97. The van der Waals surface area contributed by atoms with Crippen LogP contribution in [0.25, 0.3) is 16.6 Å². The standard InChI is InChI=1S/C21H14Cl2N2O3.ClH/c22-15-6-4-14(5-7-15)17-12-24-8-9-25(11-13-2-1-3-16(23)10-13)21(28)18(24)20(27)19(17)26;/h1-10,12,27H,11H2;1H. The second-order valence-corrected chi connectivity index (χ2v) is 7.22. The zero-order valence-corrected chi connectivity index (χ0v) is 17.2. The van der Waals surface area contributed by atoms with Crippen molar-refractivity contribution in [3.8, 4) is 16.9 Å². The van der Waals surface area contributed by atoms with E-state index in [2.05, 4.69) is 0 Å². The van der Waals surface area contributed by atoms with Crippen LogP contribution < -0.4 is 11.0 Å². The van der Waals surface area contributed by atoms with Gasteiger partial charge in [-0.15, -0.1) is 12.4 Å². The van der Waals surface area contributed by atoms with E-state index in [1.165, 1.54) is 15.2 Å². The van der Waals surface area contributed by atoms with Crippen LogP contribution in [0.5, 0.6) is 5.75 Å². The summed E-state index contributed by atoms with van der Waals surface area (Å²) in [5.41, 5.74) is 0.548. The lowest BCUT2D eigenvalue weighted by atomic mass is 10.1. The number of fused-ring (bicyclic) bond motifs is 1. The summed E-state index contributed by atoms with van der Waals surface area (Å²) in [6, 6.07) is 13.8. The molecule has 0 radical (unpaired) electrons. The number of hydrogen-bond acceptors (Lipinski definition) is 3. The number of halogens is 3. The molecule has 0 aliphatic carbocycles. The van der Waals surface area contributed by atoms with E-state index < -0.39 is 16.7 Å². The fourth-order valence-electron chi connectivity index (χ4n) is 3.10. The Bertz CT molecular complexity index is 1310. The number of aromatic nitrogens is 2. The van der Waals surface area contributed by atoms with Crippen LogP contribution in [-0.4, -0.2) is 14.1 Å². The van der Waals surface area contributed by atoms with E-state index in [1.807, 2.05) is 6.07 Å². The lowest BCUT2D eigenvalue weighted by Crippen LogP contribution is -2.24. The highest BCUT2D eigenvalue weighted by Crippen LogP contribution is 2.22. The molecular weight excluding hydrogens is 435 g/mol. The van der Waals surface area contributed by atoms with Crippen LogP contribution >= 0.6 is 35.6 Å². The van der Waals surface area contributed by atoms with Crippen LogP contribution in [0, 0.1) is 0 Å². The van der Waals surface area contributed by atoms with Crippen molar-refractivity contribution in [2.24, 2.45) is 0 Å². The van der Waals surface area contributed by atoms with Gasteiger partial charge in [-0.3, -0.25) is 9.59 Å². The molecule has 0 saturated heterocycles. The second-order valence-electron chi connectivity index (χ2n) is 6.34. The second kappa shape index (κ2) is 8.33. The molecule has 0 fully saturated rings. The van der Waals surface area contributed by atoms with Crippen LogP contribution in [0.4, 0.5) is 0 Å². The SMILES string of the molecule is Cl.O=c1c(-c2ccc(Cl)cc2)cn2ccn(Cc3cccc(Cl)c3)c(=O)c2c1O. The highest BCUT2D eigenvalue weighted by molar-refractivity contribution is 6.30. The predicted molar refractivity (Wildman–Crippen MR) is 118 cm³/mol. The summed E-state index contributed by atoms with van der Waals surface area (Å²) in [7, 11) is 0. The number of hydrogen-bond donors (Lipinski definition) is 1. The number of nitrogens with zero attached hydrogens (tertiary/aromatic N) is 2. The van der Waals surface area contributed by atoms with Gasteiger partial charge in [-0.2, -0.15) is 0 Å². The summed E-state index contributed by atoms with van der Waals surface area (Å²) in [5.74, 6) is -0.585. The van der Waals surface area contributed by atoms with Gasteiger partial charge in [0.15, 0.2) is 11.3 Å². The van der Waals surface area contributed by atoms with Gasteiger partial charge in [0, 0.05) is 34.2 Å². The largest absolute Gasteiger partial charge is 0.503 e. The molecule has 0 unspecified atom stereocenters. The van der Waals surface area contributed by atoms with Crippen molar-refractivity contribution >= 4 is 41.1 Å². The minimum Gasteiger partial charge on any atom is -0.503 e. The Balaban J connectivity index is 0.00000240. The maximum Gasteiger partial charge on any atom is 0.279 e. The maximum atomic E-state index is 12.9. The van der Waals surface area contributed by atoms with Crippen molar-refractivity contribution in [3.63, 3.8) is 0 Å². The Morgan fingerprint density at radius 2 is 1.66 bits per heavy atom. The zero-order valence-electron chi connectivity index (χ0n) is 14.9. The van der Waals surface area contributed by atoms with Gasteiger partial charge in [-0.1, -0.05) is 47.5 Å². The molecule has 5 nitrogen and oxygen atoms in total. The Hall–Kier alpha value is -2.73. The number of benzene rings is 2. The first kappa shape index (κ1) is 21.0. The van der Waals surface area contributed by atoms with Crippen LogP contribution in [0.3, 0.4) is 0 Å². The lowest BCUT2D eigenvalue weighted by molar-refractivity contribution is 0.472. The van der Waals surface area contributed by atoms with E-state index in [-0.39, 0.29) is 30.0 Å². The van der Waals surface area contributed by atoms with Crippen LogP contribution in [-0.2, 0) is 6.54 Å². The van der Waals surface area contributed by atoms with Crippen LogP contribution in [0.1, 0.15) is 5.56 Å². The number of rotatable bonds is 3. The highest BCUT2D eigenvalue weighted by Gasteiger charge is 2.15. The molecule has 0 bridgehead atoms. The molecule has 8 heteroatoms. The maximum absolute atomic E-state index is 12.9. The minimum atomic E-state index is -0.611. The van der Waals surface area contributed by atoms with Gasteiger partial charge < -0.3 is 14.1 Å². The Morgan fingerprint density at radius 1 is 0.931 bits per heavy atom. The van der Waals surface area contributed by atoms with Gasteiger partial charge in [0.05, 0.1) is 6.54 Å². The van der Waals surface area contributed by atoms with E-state index in [1.54, 1.807) is 54.9 Å². The quantitative estimate of drug-likeness (QED) is 0.497. The van der Waals surface area contributed by atoms with Crippen molar-refractivity contribution in [1.29, 1.82) is 0 Å². The molecule has 0 saturated carbocycles. The number of pyridine rings is 1. The van der Waals surface area contributed by atoms with Crippen LogP contribution in [0.15, 0.2) is 76.7 Å². The minimum absolute atomic E-state index is 0. The van der Waals surface area contributed by atoms with Gasteiger partial charge in [-0.25, -0.2) is 0 Å². The Labute approximate surface area is 181 Å². The first-order valence-electron chi connectivity index (χ1n) is 8.42. The molecule has 2 aromatic carbocycles. The third kappa shape index (κ3) is 4.03. The van der Waals surface area contributed by atoms with Crippen molar-refractivity contribution in [2.75, 3.05) is 0 Å². The summed E-state index contributed by atoms with van der Waals surface area (Å²) >= 11 is 11.9. The number of aromatic hydroxyl groups is 1. The van der Waals surface area contributed by atoms with Gasteiger partial charge in [0.25, 0.3) is 5.56 Å². The first-order valence-corrected chi connectivity index (χ1v) is 9.17. The lowest BCUT2D eigenvalue weighted by Gasteiger charge is -2.11. The first-order chi connectivity index (χ1) is 13.4. The summed E-state index contributed by atoms with van der Waals surface area (Å²) in [4.78, 5) is 25.5. The third-order valence-electron chi connectivity index (χ3n) is 4.48. The molecule has 1 N–H and O–H groups in total. The summed E-state index contributed by atoms with van der Waals surface area (Å²) in [6.07, 6.45) is 4.76. The molecule has 4 aromatic rings. The van der Waals surface area contributed by atoms with Gasteiger partial charge >= 0.3 is 0 Å². The smallest absolute Gasteiger partial charge is 0.279 e. The van der Waals surface area contributed by atoms with E-state index in [4.69, 9.17) is 23.2 Å². The fourth-order valence-corrected chi connectivity index (χ4v) is 3.44. The molecule has 148 valence electrons. The Morgan fingerprint density at radius 3 is 2.34 bits per heavy atom. The fraction of sp³-hybridized carbons (Fsp3) is 0.0476. The van der Waals surface area contributed by atoms with Crippen LogP contribution in [0.2, 0.25) is 10.0 Å². The summed E-state index contributed by atoms with van der Waals surface area (Å²) < 4.78 is 2.87. The van der Waals surface area contributed by atoms with E-state index in [9.17, 15) is 14.7 Å². The molecule has 2 heterocycles. The molecular formula is C21H15Cl3N2O3. The van der Waals surface area contributed by atoms with Gasteiger partial charge in [0.2, 0.25) is 5.43 Å². The van der Waals surface area contributed by atoms with Crippen molar-refractivity contribution < 1.29 is 5.11 Å². The normalized spacial score (nSPS) is 10.7. The molecule has 0 atom stereocenters. The van der Waals surface area contributed by atoms with E-state index >= 15 is 0 Å². The molecule has 2 aromatic heterocycles. The molecule has 0 amide bonds. The van der Waals surface area contributed by atoms with Crippen molar-refractivity contribution in [2.45, 2.75) is 6.54 Å². The molecule has 0 aliphatic rings. The average Bonchev–Trinajstić information content (AvgIpc) is 2.67. The average molecular weight is 450 g/mol. The predicted octanol–water partition coefficient (Wildman–Crippen LogP) is 4.61. The van der Waals surface area contributed by atoms with Crippen molar-refractivity contribution in [3.05, 3.63) is 103 Å². The molecule has 4 rings (SSSR count). The molecule has 29 heavy (non-hydrogen) atoms. The topological polar surface area (TPSA) is 63.7 Å². The monoisotopic (exact) mass is 448 g/mol. The van der Waals surface area contributed by atoms with Crippen molar-refractivity contribution in [1.82, 2.24) is 8.97 Å². The molecule has 0 aliphatic heterocycles. The highest BCUT2D eigenvalue weighted by atomic mass is 35.5.